The van der Waals surface area contributed by atoms with Crippen molar-refractivity contribution in [3.8, 4) is 0 Å². The van der Waals surface area contributed by atoms with E-state index in [4.69, 9.17) is 0 Å². The largest absolute Gasteiger partial charge is 0.361 e. The monoisotopic (exact) mass is 378 g/mol. The zero-order valence-corrected chi connectivity index (χ0v) is 14.9. The Morgan fingerprint density at radius 3 is 2.68 bits per heavy atom. The van der Waals surface area contributed by atoms with Crippen molar-refractivity contribution < 1.29 is 4.79 Å². The van der Waals surface area contributed by atoms with Gasteiger partial charge in [0.15, 0.2) is 5.17 Å². The first-order valence-electron chi connectivity index (χ1n) is 7.89. The molecule has 2 fully saturated rings. The fraction of sp³-hybridized carbons (Fsp3) is 0.529. The van der Waals surface area contributed by atoms with Crippen LogP contribution in [0, 0.1) is 11.8 Å². The van der Waals surface area contributed by atoms with Crippen molar-refractivity contribution in [1.82, 2.24) is 5.32 Å². The molecular weight excluding hydrogens is 360 g/mol. The average molecular weight is 379 g/mol. The van der Waals surface area contributed by atoms with Gasteiger partial charge in [0.25, 0.3) is 5.91 Å². The molecule has 1 aromatic rings. The van der Waals surface area contributed by atoms with Crippen LogP contribution >= 0.6 is 27.7 Å². The molecule has 1 aromatic carbocycles. The standard InChI is InChI=1S/C17H19BrN2OS/c1-17(12-4-6-13(18)7-5-12)15(21)20-16(22-17)19-14-9-10-2-3-11(14)8-10/h4-7,10-11,14H,2-3,8-9H2,1H3,(H,19,20,21). The first-order chi connectivity index (χ1) is 10.5. The number of amidine groups is 1. The molecule has 0 spiro atoms. The number of carbonyl (C=O) groups excluding carboxylic acids is 1. The Labute approximate surface area is 143 Å². The quantitative estimate of drug-likeness (QED) is 0.842. The molecule has 2 bridgehead atoms. The van der Waals surface area contributed by atoms with Crippen molar-refractivity contribution in [3.63, 3.8) is 0 Å². The Hall–Kier alpha value is -0.810. The summed E-state index contributed by atoms with van der Waals surface area (Å²) < 4.78 is 0.428. The van der Waals surface area contributed by atoms with Crippen LogP contribution in [0.5, 0.6) is 0 Å². The van der Waals surface area contributed by atoms with Gasteiger partial charge < -0.3 is 5.32 Å². The number of halogens is 1. The van der Waals surface area contributed by atoms with E-state index in [-0.39, 0.29) is 5.91 Å². The lowest BCUT2D eigenvalue weighted by Crippen LogP contribution is -2.37. The maximum atomic E-state index is 12.5. The lowest BCUT2D eigenvalue weighted by atomic mass is 9.96. The first kappa shape index (κ1) is 14.8. The minimum Gasteiger partial charge on any atom is -0.361 e. The third-order valence-corrected chi connectivity index (χ3v) is 7.10. The van der Waals surface area contributed by atoms with E-state index in [2.05, 4.69) is 26.2 Å². The molecule has 0 aromatic heterocycles. The number of rotatable bonds is 2. The van der Waals surface area contributed by atoms with Gasteiger partial charge in [-0.3, -0.25) is 4.79 Å². The van der Waals surface area contributed by atoms with Gasteiger partial charge in [0.2, 0.25) is 0 Å². The Morgan fingerprint density at radius 1 is 1.27 bits per heavy atom. The number of thioether (sulfide) groups is 1. The second-order valence-corrected chi connectivity index (χ2v) is 9.11. The summed E-state index contributed by atoms with van der Waals surface area (Å²) in [5, 5.41) is 4.37. The molecule has 5 heteroatoms. The van der Waals surface area contributed by atoms with E-state index in [1.807, 2.05) is 31.2 Å². The van der Waals surface area contributed by atoms with Gasteiger partial charge in [0.1, 0.15) is 4.75 Å². The van der Waals surface area contributed by atoms with Crippen molar-refractivity contribution in [2.45, 2.75) is 43.4 Å². The topological polar surface area (TPSA) is 41.5 Å². The molecule has 3 aliphatic rings. The predicted molar refractivity (Wildman–Crippen MR) is 93.9 cm³/mol. The van der Waals surface area contributed by atoms with Gasteiger partial charge in [-0.25, -0.2) is 0 Å². The van der Waals surface area contributed by atoms with Crippen LogP contribution in [0.25, 0.3) is 0 Å². The Kier molecular flexibility index (Phi) is 3.61. The summed E-state index contributed by atoms with van der Waals surface area (Å²) in [5.41, 5.74) is 1.01. The minimum atomic E-state index is -0.597. The van der Waals surface area contributed by atoms with Crippen molar-refractivity contribution in [3.05, 3.63) is 34.3 Å². The lowest BCUT2D eigenvalue weighted by Gasteiger charge is -2.25. The third-order valence-electron chi connectivity index (χ3n) is 5.35. The number of amides is 1. The Bertz CT molecular complexity index is 645. The van der Waals surface area contributed by atoms with E-state index in [9.17, 15) is 4.79 Å². The molecule has 1 N–H and O–H groups in total. The zero-order chi connectivity index (χ0) is 15.3. The van der Waals surface area contributed by atoms with E-state index in [1.165, 1.54) is 25.7 Å². The average Bonchev–Trinajstić information content (AvgIpc) is 3.16. The number of nitrogens with zero attached hydrogens (tertiary/aromatic N) is 1. The molecule has 4 rings (SSSR count). The molecule has 0 saturated heterocycles. The predicted octanol–water partition coefficient (Wildman–Crippen LogP) is 4.07. The van der Waals surface area contributed by atoms with Crippen LogP contribution in [0.2, 0.25) is 0 Å². The number of hydrogen-bond donors (Lipinski definition) is 1. The van der Waals surface area contributed by atoms with Gasteiger partial charge in [-0.1, -0.05) is 46.2 Å². The van der Waals surface area contributed by atoms with Crippen LogP contribution in [0.15, 0.2) is 33.7 Å². The molecule has 3 nitrogen and oxygen atoms in total. The molecule has 2 saturated carbocycles. The second kappa shape index (κ2) is 5.38. The number of hydrogen-bond acceptors (Lipinski definition) is 3. The summed E-state index contributed by atoms with van der Waals surface area (Å²) in [6.45, 7) is 1.97. The maximum Gasteiger partial charge on any atom is 0.268 e. The number of benzene rings is 1. The number of fused-ring (bicyclic) bond motifs is 2. The summed E-state index contributed by atoms with van der Waals surface area (Å²) in [5.74, 6) is 1.62. The zero-order valence-electron chi connectivity index (χ0n) is 12.5. The molecule has 2 aliphatic carbocycles. The van der Waals surface area contributed by atoms with Crippen LogP contribution in [0.4, 0.5) is 0 Å². The normalized spacial score (nSPS) is 36.7. The van der Waals surface area contributed by atoms with Gasteiger partial charge in [-0.2, -0.15) is 4.99 Å². The summed E-state index contributed by atoms with van der Waals surface area (Å²) >= 11 is 5.01. The molecule has 1 amide bonds. The van der Waals surface area contributed by atoms with Gasteiger partial charge >= 0.3 is 0 Å². The van der Waals surface area contributed by atoms with E-state index in [0.717, 1.165) is 27.0 Å². The number of carbonyl (C=O) groups is 1. The summed E-state index contributed by atoms with van der Waals surface area (Å²) in [4.78, 5) is 16.8. The molecule has 4 atom stereocenters. The third kappa shape index (κ3) is 2.42. The summed E-state index contributed by atoms with van der Waals surface area (Å²) in [6, 6.07) is 8.49. The van der Waals surface area contributed by atoms with Crippen molar-refractivity contribution >= 4 is 38.8 Å². The highest BCUT2D eigenvalue weighted by Crippen LogP contribution is 2.46. The Balaban J connectivity index is 1.50. The molecule has 116 valence electrons. The van der Waals surface area contributed by atoms with E-state index in [0.29, 0.717) is 6.04 Å². The van der Waals surface area contributed by atoms with Crippen LogP contribution < -0.4 is 5.32 Å². The molecule has 22 heavy (non-hydrogen) atoms. The van der Waals surface area contributed by atoms with Crippen LogP contribution in [-0.4, -0.2) is 17.1 Å². The van der Waals surface area contributed by atoms with Crippen LogP contribution in [0.1, 0.15) is 38.2 Å². The van der Waals surface area contributed by atoms with Gasteiger partial charge in [-0.05, 0) is 55.7 Å². The molecule has 4 unspecified atom stereocenters. The van der Waals surface area contributed by atoms with Gasteiger partial charge in [0, 0.05) is 10.5 Å². The SMILES string of the molecule is CC1(c2ccc(Br)cc2)SC(NC2CC3CCC2C3)=NC1=O. The van der Waals surface area contributed by atoms with E-state index >= 15 is 0 Å². The highest BCUT2D eigenvalue weighted by atomic mass is 79.9. The van der Waals surface area contributed by atoms with Crippen LogP contribution in [-0.2, 0) is 9.54 Å². The summed E-state index contributed by atoms with van der Waals surface area (Å²) in [7, 11) is 0. The van der Waals surface area contributed by atoms with Gasteiger partial charge in [-0.15, -0.1) is 0 Å². The molecule has 0 radical (unpaired) electrons. The highest BCUT2D eigenvalue weighted by Gasteiger charge is 2.45. The number of nitrogens with one attached hydrogen (secondary N) is 1. The Morgan fingerprint density at radius 2 is 2.05 bits per heavy atom. The van der Waals surface area contributed by atoms with E-state index in [1.54, 1.807) is 11.8 Å². The van der Waals surface area contributed by atoms with Crippen molar-refractivity contribution in [2.24, 2.45) is 16.8 Å². The first-order valence-corrected chi connectivity index (χ1v) is 9.50. The van der Waals surface area contributed by atoms with Gasteiger partial charge in [0.05, 0.1) is 0 Å². The number of aliphatic imine (C=N–C) groups is 1. The van der Waals surface area contributed by atoms with Crippen LogP contribution in [0.3, 0.4) is 0 Å². The van der Waals surface area contributed by atoms with E-state index < -0.39 is 4.75 Å². The fourth-order valence-corrected chi connectivity index (χ4v) is 5.43. The lowest BCUT2D eigenvalue weighted by molar-refractivity contribution is -0.119. The smallest absolute Gasteiger partial charge is 0.268 e. The minimum absolute atomic E-state index is 0.0505. The summed E-state index contributed by atoms with van der Waals surface area (Å²) in [6.07, 6.45) is 5.32. The molecule has 1 aliphatic heterocycles. The fourth-order valence-electron chi connectivity index (χ4n) is 4.05. The van der Waals surface area contributed by atoms with Crippen molar-refractivity contribution in [1.29, 1.82) is 0 Å². The second-order valence-electron chi connectivity index (χ2n) is 6.79. The molecular formula is C17H19BrN2OS. The highest BCUT2D eigenvalue weighted by molar-refractivity contribution is 9.10. The molecule has 1 heterocycles. The maximum absolute atomic E-state index is 12.5. The van der Waals surface area contributed by atoms with Crippen molar-refractivity contribution in [2.75, 3.05) is 0 Å².